The van der Waals surface area contributed by atoms with Crippen LogP contribution in [0.3, 0.4) is 0 Å². The predicted octanol–water partition coefficient (Wildman–Crippen LogP) is 3.37. The molecule has 25 heteroatoms. The monoisotopic (exact) mass is 1310 g/mol. The number of ketones is 1. The van der Waals surface area contributed by atoms with Crippen LogP contribution in [0, 0.1) is 41.4 Å². The largest absolute Gasteiger partial charge is 0.390 e. The first-order valence-corrected chi connectivity index (χ1v) is 32.9. The highest BCUT2D eigenvalue weighted by Crippen LogP contribution is 2.25. The Hall–Kier alpha value is -6.05. The van der Waals surface area contributed by atoms with Crippen LogP contribution >= 0.6 is 0 Å². The summed E-state index contributed by atoms with van der Waals surface area (Å²) < 4.78 is 5.66. The Labute approximate surface area is 551 Å². The summed E-state index contributed by atoms with van der Waals surface area (Å²) in [4.78, 5) is 163. The number of aliphatic hydroxyl groups excluding tert-OH is 1. The zero-order valence-electron chi connectivity index (χ0n) is 61.1. The van der Waals surface area contributed by atoms with Crippen LogP contribution in [-0.4, -0.2) is 245 Å². The summed E-state index contributed by atoms with van der Waals surface area (Å²) in [5.74, 6) is -8.92. The molecule has 0 aliphatic rings. The van der Waals surface area contributed by atoms with Crippen molar-refractivity contribution in [2.45, 2.75) is 249 Å². The molecule has 14 atom stereocenters. The summed E-state index contributed by atoms with van der Waals surface area (Å²) in [7, 11) is 10.2. The van der Waals surface area contributed by atoms with Gasteiger partial charge in [-0.25, -0.2) is 0 Å². The van der Waals surface area contributed by atoms with Gasteiger partial charge in [-0.1, -0.05) is 102 Å². The van der Waals surface area contributed by atoms with E-state index in [-0.39, 0.29) is 68.4 Å². The summed E-state index contributed by atoms with van der Waals surface area (Å²) in [5, 5.41) is 36.0. The van der Waals surface area contributed by atoms with Gasteiger partial charge in [0.15, 0.2) is 5.78 Å². The number of carbonyl (C=O) groups is 11. The topological polar surface area (TPSA) is 317 Å². The third kappa shape index (κ3) is 26.0. The van der Waals surface area contributed by atoms with E-state index in [9.17, 15) is 48.6 Å². The minimum absolute atomic E-state index is 0.0532. The van der Waals surface area contributed by atoms with Crippen molar-refractivity contribution in [1.82, 2.24) is 56.0 Å². The molecule has 0 aliphatic carbocycles. The molecule has 0 fully saturated rings. The third-order valence-corrected chi connectivity index (χ3v) is 17.0. The number of rotatable bonds is 40. The molecule has 92 heavy (non-hydrogen) atoms. The summed E-state index contributed by atoms with van der Waals surface area (Å²) in [6.07, 6.45) is 3.08. The molecule has 0 radical (unpaired) electrons. The van der Waals surface area contributed by atoms with Crippen LogP contribution in [0.15, 0.2) is 12.2 Å². The number of allylic oxidation sites excluding steroid dienone is 2. The molecule has 0 saturated heterocycles. The Morgan fingerprint density at radius 2 is 0.957 bits per heavy atom. The molecule has 0 heterocycles. The normalized spacial score (nSPS) is 16.6. The molecule has 530 valence electrons. The number of amides is 10. The van der Waals surface area contributed by atoms with Gasteiger partial charge in [-0.15, -0.1) is 0 Å². The average Bonchev–Trinajstić information content (AvgIpc) is 0.828. The molecule has 0 rings (SSSR count). The Bertz CT molecular complexity index is 2470. The number of ether oxygens (including phenoxy) is 1. The lowest BCUT2D eigenvalue weighted by Gasteiger charge is -2.41. The molecule has 7 N–H and O–H groups in total. The van der Waals surface area contributed by atoms with Gasteiger partial charge in [0.1, 0.15) is 54.4 Å². The fourth-order valence-corrected chi connectivity index (χ4v) is 10.9. The maximum Gasteiger partial charge on any atom is 0.246 e. The fraction of sp³-hybridized carbons (Fsp3) is 0.806. The second kappa shape index (κ2) is 39.6. The molecular weight excluding hydrogens is 1180 g/mol. The molecule has 0 aromatic heterocycles. The minimum Gasteiger partial charge on any atom is -0.390 e. The van der Waals surface area contributed by atoms with E-state index in [0.717, 1.165) is 4.90 Å². The highest BCUT2D eigenvalue weighted by atomic mass is 16.5. The van der Waals surface area contributed by atoms with Crippen LogP contribution in [0.1, 0.15) is 171 Å². The maximum absolute atomic E-state index is 15.1. The van der Waals surface area contributed by atoms with Crippen LogP contribution in [0.5, 0.6) is 0 Å². The van der Waals surface area contributed by atoms with Gasteiger partial charge in [0.05, 0.1) is 37.0 Å². The van der Waals surface area contributed by atoms with Gasteiger partial charge in [-0.2, -0.15) is 0 Å². The Morgan fingerprint density at radius 1 is 0.500 bits per heavy atom. The molecule has 0 aliphatic heterocycles. The number of nitrogens with zero attached hydrogens (tertiary/aromatic N) is 6. The van der Waals surface area contributed by atoms with Crippen molar-refractivity contribution < 1.29 is 67.7 Å². The number of hydrogen-bond acceptors (Lipinski definition) is 15. The summed E-state index contributed by atoms with van der Waals surface area (Å²) in [6, 6.07) is -12.4. The molecule has 1 unspecified atom stereocenters. The van der Waals surface area contributed by atoms with Crippen LogP contribution in [-0.2, 0) is 57.5 Å². The van der Waals surface area contributed by atoms with Gasteiger partial charge in [0, 0.05) is 48.2 Å². The summed E-state index contributed by atoms with van der Waals surface area (Å²) in [5.41, 5.74) is -1.07. The van der Waals surface area contributed by atoms with E-state index in [1.54, 1.807) is 82.4 Å². The highest BCUT2D eigenvalue weighted by molar-refractivity contribution is 5.99. The van der Waals surface area contributed by atoms with Crippen LogP contribution in [0.4, 0.5) is 0 Å². The van der Waals surface area contributed by atoms with Crippen molar-refractivity contribution >= 4 is 64.9 Å². The van der Waals surface area contributed by atoms with Gasteiger partial charge in [0.2, 0.25) is 59.1 Å². The van der Waals surface area contributed by atoms with Crippen molar-refractivity contribution in [2.75, 3.05) is 62.5 Å². The lowest BCUT2D eigenvalue weighted by atomic mass is 9.91. The molecule has 0 aromatic rings. The lowest BCUT2D eigenvalue weighted by Crippen LogP contribution is -2.63. The van der Waals surface area contributed by atoms with Gasteiger partial charge < -0.3 is 70.9 Å². The van der Waals surface area contributed by atoms with Crippen LogP contribution < -0.4 is 26.6 Å². The predicted molar refractivity (Wildman–Crippen MR) is 357 cm³/mol. The van der Waals surface area contributed by atoms with E-state index in [2.05, 4.69) is 26.6 Å². The second-order valence-electron chi connectivity index (χ2n) is 28.1. The summed E-state index contributed by atoms with van der Waals surface area (Å²) >= 11 is 0. The number of hydrogen-bond donors (Lipinski definition) is 7. The van der Waals surface area contributed by atoms with Crippen molar-refractivity contribution in [3.8, 4) is 0 Å². The summed E-state index contributed by atoms with van der Waals surface area (Å²) in [6.45, 7) is 34.4. The van der Waals surface area contributed by atoms with E-state index in [1.165, 1.54) is 87.6 Å². The van der Waals surface area contributed by atoms with E-state index in [0.29, 0.717) is 6.42 Å². The first kappa shape index (κ1) is 85.9. The average molecular weight is 1310 g/mol. The zero-order valence-corrected chi connectivity index (χ0v) is 61.1. The van der Waals surface area contributed by atoms with Gasteiger partial charge in [-0.05, 0) is 123 Å². The van der Waals surface area contributed by atoms with E-state index in [1.807, 2.05) is 54.5 Å². The first-order chi connectivity index (χ1) is 42.3. The molecule has 0 spiro atoms. The number of Topliss-reactive ketones (excluding diaryl/α,β-unsaturated/α-hetero) is 1. The number of aliphatic hydroxyl groups is 2. The lowest BCUT2D eigenvalue weighted by molar-refractivity contribution is -0.157. The van der Waals surface area contributed by atoms with Gasteiger partial charge >= 0.3 is 0 Å². The quantitative estimate of drug-likeness (QED) is 0.0433. The Balaban J connectivity index is 6.95. The van der Waals surface area contributed by atoms with E-state index >= 15 is 14.4 Å². The molecule has 0 saturated carbocycles. The van der Waals surface area contributed by atoms with Crippen molar-refractivity contribution in [1.29, 1.82) is 0 Å². The minimum atomic E-state index is -1.55. The second-order valence-corrected chi connectivity index (χ2v) is 28.1. The van der Waals surface area contributed by atoms with Crippen molar-refractivity contribution in [3.05, 3.63) is 12.2 Å². The van der Waals surface area contributed by atoms with Crippen LogP contribution in [0.25, 0.3) is 0 Å². The molecule has 10 amide bonds. The third-order valence-electron chi connectivity index (χ3n) is 17.0. The fourth-order valence-electron chi connectivity index (χ4n) is 10.9. The van der Waals surface area contributed by atoms with Crippen molar-refractivity contribution in [3.63, 3.8) is 0 Å². The highest BCUT2D eigenvalue weighted by Gasteiger charge is 2.45. The first-order valence-electron chi connectivity index (χ1n) is 32.9. The van der Waals surface area contributed by atoms with Crippen molar-refractivity contribution in [2.24, 2.45) is 41.4 Å². The number of nitrogens with one attached hydrogen (secondary N) is 5. The van der Waals surface area contributed by atoms with Gasteiger partial charge in [-0.3, -0.25) is 52.7 Å². The zero-order chi connectivity index (χ0) is 71.9. The van der Waals surface area contributed by atoms with Crippen LogP contribution in [0.2, 0.25) is 0 Å². The maximum atomic E-state index is 15.1. The molecular formula is C67H123N11O14. The van der Waals surface area contributed by atoms with E-state index in [4.69, 9.17) is 4.74 Å². The van der Waals surface area contributed by atoms with E-state index < -0.39 is 155 Å². The standard InChI is InChI=1S/C67H123N11O14/c1-28-30-31-42(13)56(80)55(60(84)71-48(29-2)62(86)73(22)46(17)47(18)79)78(27)66(90)54(41(11)12)77(26)64(88)51(34-39(7)8)76(25)63(87)50(33-38(5)6)75(24)61(85)45(16)70-57(81)44(15)69-58(82)49(32-37(3)4)74(23)65(89)52(40(9)10)72-59(83)53(68-21)43(14)35-92-36-67(19,20)91/h28,30,37-46,48-56,68,80,91H,29,31-36H2,1-27H3,(H,69,82)(H,70,81)(H,71,84)(H,72,83)/b30-28+/t42-,43-,44+,45-,46-,48+,49+,50+,51+,52+,53+,54+,55?,56-/m1/s1. The smallest absolute Gasteiger partial charge is 0.246 e. The molecule has 0 bridgehead atoms. The number of likely N-dealkylation sites (N-methyl/N-ethyl adjacent to an activating group) is 7. The Morgan fingerprint density at radius 3 is 1.39 bits per heavy atom. The molecule has 25 nitrogen and oxygen atoms in total. The SMILES string of the molecule is C/C=C/C[C@@H](C)[C@@H](O)C(C(=O)N[C@@H](CC)C(=O)N(C)[C@H](C)C(C)=O)N(C)C(=O)[C@H](C(C)C)N(C)C(=O)[C@H](CC(C)C)N(C)C(=O)[C@H](CC(C)C)N(C)C(=O)[C@@H](C)NC(=O)[C@H](C)NC(=O)[C@H](CC(C)C)N(C)C(=O)[C@@H](NC(=O)[C@@H](NC)[C@H](C)COCC(C)(C)O)C(C)C. The number of carbonyl (C=O) groups excluding carboxylic acids is 11. The van der Waals surface area contributed by atoms with Gasteiger partial charge in [0.25, 0.3) is 0 Å². The Kier molecular flexibility index (Phi) is 37.0. The molecule has 0 aromatic carbocycles.